The Balaban J connectivity index is 3.77. The molecule has 0 spiro atoms. The second-order valence-corrected chi connectivity index (χ2v) is 3.13. The summed E-state index contributed by atoms with van der Waals surface area (Å²) in [5, 5.41) is 8.63. The molecule has 0 aromatic carbocycles. The maximum Gasteiger partial charge on any atom is 0.308 e. The van der Waals surface area contributed by atoms with Crippen molar-refractivity contribution < 1.29 is 14.6 Å². The molecule has 0 aliphatic heterocycles. The van der Waals surface area contributed by atoms with Crippen LogP contribution in [0.4, 0.5) is 0 Å². The number of carbonyl (C=O) groups is 1. The van der Waals surface area contributed by atoms with Crippen LogP contribution in [-0.2, 0) is 9.53 Å². The van der Waals surface area contributed by atoms with Crippen molar-refractivity contribution in [2.24, 2.45) is 5.92 Å². The summed E-state index contributed by atoms with van der Waals surface area (Å²) in [7, 11) is 0. The Morgan fingerprint density at radius 2 is 2.08 bits per heavy atom. The van der Waals surface area contributed by atoms with Crippen LogP contribution in [0.2, 0.25) is 0 Å². The molecule has 1 N–H and O–H groups in total. The lowest BCUT2D eigenvalue weighted by Gasteiger charge is -2.16. The van der Waals surface area contributed by atoms with E-state index in [2.05, 4.69) is 0 Å². The quantitative estimate of drug-likeness (QED) is 0.640. The first-order valence-electron chi connectivity index (χ1n) is 4.43. The lowest BCUT2D eigenvalue weighted by molar-refractivity contribution is -0.153. The Labute approximate surface area is 73.7 Å². The summed E-state index contributed by atoms with van der Waals surface area (Å²) in [4.78, 5) is 11.1. The summed E-state index contributed by atoms with van der Waals surface area (Å²) in [6.45, 7) is 5.61. The molecule has 0 aliphatic rings. The average molecular weight is 174 g/mol. The van der Waals surface area contributed by atoms with Gasteiger partial charge in [0.2, 0.25) is 0 Å². The predicted molar refractivity (Wildman–Crippen MR) is 46.7 cm³/mol. The van der Waals surface area contributed by atoms with Crippen LogP contribution in [0.15, 0.2) is 0 Å². The van der Waals surface area contributed by atoms with Gasteiger partial charge in [-0.1, -0.05) is 20.8 Å². The lowest BCUT2D eigenvalue weighted by atomic mass is 10.2. The number of hydrogen-bond donors (Lipinski definition) is 1. The first-order valence-corrected chi connectivity index (χ1v) is 4.43. The zero-order chi connectivity index (χ0) is 9.56. The van der Waals surface area contributed by atoms with E-state index in [4.69, 9.17) is 9.84 Å². The molecule has 3 nitrogen and oxygen atoms in total. The molecule has 3 heteroatoms. The van der Waals surface area contributed by atoms with Crippen LogP contribution in [0.3, 0.4) is 0 Å². The molecule has 0 rings (SSSR count). The van der Waals surface area contributed by atoms with Crippen LogP contribution < -0.4 is 0 Å². The first kappa shape index (κ1) is 11.4. The third kappa shape index (κ3) is 4.34. The van der Waals surface area contributed by atoms with Crippen LogP contribution in [-0.4, -0.2) is 23.8 Å². The van der Waals surface area contributed by atoms with Gasteiger partial charge in [0.25, 0.3) is 0 Å². The highest BCUT2D eigenvalue weighted by Crippen LogP contribution is 2.06. The minimum atomic E-state index is -0.185. The fourth-order valence-corrected chi connectivity index (χ4v) is 0.791. The van der Waals surface area contributed by atoms with Crippen LogP contribution in [0.1, 0.15) is 33.6 Å². The van der Waals surface area contributed by atoms with E-state index in [-0.39, 0.29) is 24.6 Å². The molecule has 1 atom stereocenters. The summed E-state index contributed by atoms with van der Waals surface area (Å²) in [5.74, 6) is -0.270. The number of aliphatic hydroxyl groups is 1. The van der Waals surface area contributed by atoms with E-state index in [0.29, 0.717) is 6.42 Å². The summed E-state index contributed by atoms with van der Waals surface area (Å²) >= 11 is 0. The number of aliphatic hydroxyl groups excluding tert-OH is 1. The van der Waals surface area contributed by atoms with Gasteiger partial charge in [-0.2, -0.15) is 0 Å². The Hall–Kier alpha value is -0.570. The smallest absolute Gasteiger partial charge is 0.308 e. The number of ether oxygens (including phenoxy) is 1. The Morgan fingerprint density at radius 1 is 1.50 bits per heavy atom. The molecule has 0 fully saturated rings. The molecule has 0 heterocycles. The molecular formula is C9H18O3. The number of rotatable bonds is 5. The van der Waals surface area contributed by atoms with Crippen molar-refractivity contribution in [1.82, 2.24) is 0 Å². The van der Waals surface area contributed by atoms with Crippen molar-refractivity contribution >= 4 is 5.97 Å². The Bertz CT molecular complexity index is 132. The van der Waals surface area contributed by atoms with Gasteiger partial charge in [0.15, 0.2) is 0 Å². The second-order valence-electron chi connectivity index (χ2n) is 3.13. The summed E-state index contributed by atoms with van der Waals surface area (Å²) in [6.07, 6.45) is 1.18. The molecule has 0 bridgehead atoms. The minimum Gasteiger partial charge on any atom is -0.462 e. The van der Waals surface area contributed by atoms with E-state index in [1.54, 1.807) is 13.8 Å². The molecule has 0 aliphatic carbocycles. The molecule has 0 radical (unpaired) electrons. The summed E-state index contributed by atoms with van der Waals surface area (Å²) in [5.41, 5.74) is 0. The Morgan fingerprint density at radius 3 is 2.42 bits per heavy atom. The fourth-order valence-electron chi connectivity index (χ4n) is 0.791. The molecular weight excluding hydrogens is 156 g/mol. The maximum atomic E-state index is 11.1. The maximum absolute atomic E-state index is 11.1. The van der Waals surface area contributed by atoms with Crippen molar-refractivity contribution in [2.75, 3.05) is 6.61 Å². The van der Waals surface area contributed by atoms with Gasteiger partial charge in [-0.25, -0.2) is 0 Å². The van der Waals surface area contributed by atoms with Gasteiger partial charge in [-0.15, -0.1) is 0 Å². The zero-order valence-corrected chi connectivity index (χ0v) is 8.04. The van der Waals surface area contributed by atoms with Gasteiger partial charge in [0.1, 0.15) is 6.10 Å². The molecule has 12 heavy (non-hydrogen) atoms. The highest BCUT2D eigenvalue weighted by Gasteiger charge is 2.14. The van der Waals surface area contributed by atoms with Crippen LogP contribution >= 0.6 is 0 Å². The van der Waals surface area contributed by atoms with Crippen molar-refractivity contribution in [3.63, 3.8) is 0 Å². The molecule has 1 unspecified atom stereocenters. The normalized spacial score (nSPS) is 13.1. The fraction of sp³-hybridized carbons (Fsp3) is 0.889. The lowest BCUT2D eigenvalue weighted by Crippen LogP contribution is -2.21. The van der Waals surface area contributed by atoms with Crippen LogP contribution in [0, 0.1) is 5.92 Å². The van der Waals surface area contributed by atoms with E-state index < -0.39 is 0 Å². The van der Waals surface area contributed by atoms with Crippen molar-refractivity contribution in [3.8, 4) is 0 Å². The largest absolute Gasteiger partial charge is 0.462 e. The Kier molecular flexibility index (Phi) is 5.72. The standard InChI is InChI=1S/C9H18O3/c1-4-8(5-6-10)12-9(11)7(2)3/h7-8,10H,4-6H2,1-3H3. The average Bonchev–Trinajstić information content (AvgIpc) is 2.03. The SMILES string of the molecule is CCC(CCO)OC(=O)C(C)C. The number of carbonyl (C=O) groups excluding carboxylic acids is 1. The number of hydrogen-bond acceptors (Lipinski definition) is 3. The van der Waals surface area contributed by atoms with Gasteiger partial charge in [0.05, 0.1) is 5.92 Å². The zero-order valence-electron chi connectivity index (χ0n) is 8.04. The van der Waals surface area contributed by atoms with Crippen LogP contribution in [0.25, 0.3) is 0 Å². The molecule has 0 aromatic heterocycles. The minimum absolute atomic E-state index is 0.0733. The van der Waals surface area contributed by atoms with E-state index in [1.807, 2.05) is 6.92 Å². The highest BCUT2D eigenvalue weighted by molar-refractivity contribution is 5.71. The first-order chi connectivity index (χ1) is 5.61. The predicted octanol–water partition coefficient (Wildman–Crippen LogP) is 1.35. The van der Waals surface area contributed by atoms with E-state index in [9.17, 15) is 4.79 Å². The second kappa shape index (κ2) is 6.00. The third-order valence-electron chi connectivity index (χ3n) is 1.66. The molecule has 0 aromatic rings. The molecule has 0 saturated heterocycles. The van der Waals surface area contributed by atoms with Crippen molar-refractivity contribution in [2.45, 2.75) is 39.7 Å². The van der Waals surface area contributed by atoms with Crippen molar-refractivity contribution in [1.29, 1.82) is 0 Å². The monoisotopic (exact) mass is 174 g/mol. The topological polar surface area (TPSA) is 46.5 Å². The summed E-state index contributed by atoms with van der Waals surface area (Å²) in [6, 6.07) is 0. The van der Waals surface area contributed by atoms with Crippen LogP contribution in [0.5, 0.6) is 0 Å². The third-order valence-corrected chi connectivity index (χ3v) is 1.66. The van der Waals surface area contributed by atoms with E-state index >= 15 is 0 Å². The van der Waals surface area contributed by atoms with Gasteiger partial charge >= 0.3 is 5.97 Å². The van der Waals surface area contributed by atoms with Gasteiger partial charge in [-0.05, 0) is 6.42 Å². The van der Waals surface area contributed by atoms with Gasteiger partial charge in [0, 0.05) is 13.0 Å². The molecule has 0 saturated carbocycles. The molecule has 0 amide bonds. The van der Waals surface area contributed by atoms with E-state index in [0.717, 1.165) is 6.42 Å². The highest BCUT2D eigenvalue weighted by atomic mass is 16.5. The molecule has 72 valence electrons. The number of esters is 1. The van der Waals surface area contributed by atoms with Gasteiger partial charge < -0.3 is 9.84 Å². The van der Waals surface area contributed by atoms with Crippen molar-refractivity contribution in [3.05, 3.63) is 0 Å². The van der Waals surface area contributed by atoms with Gasteiger partial charge in [-0.3, -0.25) is 4.79 Å². The summed E-state index contributed by atoms with van der Waals surface area (Å²) < 4.78 is 5.10. The van der Waals surface area contributed by atoms with E-state index in [1.165, 1.54) is 0 Å².